The van der Waals surface area contributed by atoms with Gasteiger partial charge in [-0.15, -0.1) is 0 Å². The number of aliphatic hydroxyl groups excluding tert-OH is 5. The van der Waals surface area contributed by atoms with Crippen molar-refractivity contribution in [3.63, 3.8) is 0 Å². The van der Waals surface area contributed by atoms with Gasteiger partial charge in [0.25, 0.3) is 0 Å². The number of nitrogens with one attached hydrogen (secondary N) is 1. The van der Waals surface area contributed by atoms with Crippen molar-refractivity contribution < 1.29 is 39.8 Å². The van der Waals surface area contributed by atoms with Crippen molar-refractivity contribution in [1.82, 2.24) is 5.32 Å². The van der Waals surface area contributed by atoms with Crippen LogP contribution in [0.4, 0.5) is 10.1 Å². The summed E-state index contributed by atoms with van der Waals surface area (Å²) in [4.78, 5) is 2.19. The lowest BCUT2D eigenvalue weighted by molar-refractivity contribution is -0.231. The van der Waals surface area contributed by atoms with E-state index in [4.69, 9.17) is 4.74 Å². The second-order valence-electron chi connectivity index (χ2n) is 12.0. The average molecular weight is 631 g/mol. The van der Waals surface area contributed by atoms with Crippen LogP contribution in [0.2, 0.25) is 0 Å². The summed E-state index contributed by atoms with van der Waals surface area (Å²) in [6.07, 6.45) is -5.89. The summed E-state index contributed by atoms with van der Waals surface area (Å²) < 4.78 is 19.1. The molecule has 9 nitrogen and oxygen atoms in total. The van der Waals surface area contributed by atoms with Crippen LogP contribution in [0.25, 0.3) is 11.1 Å². The van der Waals surface area contributed by atoms with E-state index in [9.17, 15) is 35.0 Å². The fraction of sp³-hybridized carbons (Fsp3) is 0.333. The molecule has 4 aromatic carbocycles. The molecule has 10 heteroatoms. The Bertz CT molecular complexity index is 1590. The van der Waals surface area contributed by atoms with Gasteiger partial charge in [-0.25, -0.2) is 4.39 Å². The molecular weight excluding hydrogens is 591 g/mol. The molecule has 2 saturated heterocycles. The van der Waals surface area contributed by atoms with Crippen LogP contribution in [0.5, 0.6) is 5.75 Å². The lowest BCUT2D eigenvalue weighted by Crippen LogP contribution is -2.55. The Morgan fingerprint density at radius 1 is 0.848 bits per heavy atom. The molecule has 4 aromatic rings. The van der Waals surface area contributed by atoms with E-state index in [1.165, 1.54) is 12.1 Å². The number of hydrogen-bond donors (Lipinski definition) is 7. The molecule has 0 aromatic heterocycles. The van der Waals surface area contributed by atoms with Gasteiger partial charge in [-0.2, -0.15) is 0 Å². The fourth-order valence-electron chi connectivity index (χ4n) is 6.56. The molecule has 7 N–H and O–H groups in total. The minimum absolute atomic E-state index is 0.0927. The molecule has 0 bridgehead atoms. The van der Waals surface area contributed by atoms with Crippen molar-refractivity contribution in [3.05, 3.63) is 120 Å². The molecule has 6 rings (SSSR count). The number of halogens is 1. The predicted molar refractivity (Wildman–Crippen MR) is 170 cm³/mol. The van der Waals surface area contributed by atoms with Crippen molar-refractivity contribution in [2.24, 2.45) is 0 Å². The Balaban J connectivity index is 1.23. The molecule has 242 valence electrons. The van der Waals surface area contributed by atoms with Gasteiger partial charge in [-0.1, -0.05) is 66.7 Å². The maximum atomic E-state index is 13.4. The highest BCUT2D eigenvalue weighted by molar-refractivity contribution is 5.67. The number of phenolic OH excluding ortho intramolecular Hbond substituents is 1. The van der Waals surface area contributed by atoms with Gasteiger partial charge in [0.1, 0.15) is 42.1 Å². The van der Waals surface area contributed by atoms with E-state index in [2.05, 4.69) is 10.2 Å². The van der Waals surface area contributed by atoms with Crippen LogP contribution in [-0.4, -0.2) is 74.4 Å². The topological polar surface area (TPSA) is 146 Å². The maximum Gasteiger partial charge on any atom is 0.123 e. The van der Waals surface area contributed by atoms with Crippen molar-refractivity contribution in [2.75, 3.05) is 18.2 Å². The third kappa shape index (κ3) is 6.51. The van der Waals surface area contributed by atoms with Crippen LogP contribution < -0.4 is 10.2 Å². The van der Waals surface area contributed by atoms with Crippen LogP contribution >= 0.6 is 0 Å². The molecule has 0 radical (unpaired) electrons. The predicted octanol–water partition coefficient (Wildman–Crippen LogP) is 3.70. The van der Waals surface area contributed by atoms with Gasteiger partial charge in [0.2, 0.25) is 0 Å². The largest absolute Gasteiger partial charge is 0.508 e. The van der Waals surface area contributed by atoms with Gasteiger partial charge < -0.3 is 40.3 Å². The van der Waals surface area contributed by atoms with Crippen molar-refractivity contribution >= 4 is 5.69 Å². The minimum Gasteiger partial charge on any atom is -0.508 e. The minimum atomic E-state index is -1.46. The van der Waals surface area contributed by atoms with Crippen LogP contribution in [0.15, 0.2) is 97.1 Å². The first-order chi connectivity index (χ1) is 22.2. The first-order valence-electron chi connectivity index (χ1n) is 15.5. The van der Waals surface area contributed by atoms with E-state index in [0.29, 0.717) is 30.6 Å². The zero-order valence-electron chi connectivity index (χ0n) is 25.1. The summed E-state index contributed by atoms with van der Waals surface area (Å²) in [5.41, 5.74) is 4.52. The molecule has 46 heavy (non-hydrogen) atoms. The molecule has 8 unspecified atom stereocenters. The highest BCUT2D eigenvalue weighted by atomic mass is 19.1. The number of aromatic hydroxyl groups is 1. The lowest BCUT2D eigenvalue weighted by Gasteiger charge is -2.40. The molecule has 0 aliphatic carbocycles. The van der Waals surface area contributed by atoms with Crippen molar-refractivity contribution in [2.45, 2.75) is 61.5 Å². The number of rotatable bonds is 9. The van der Waals surface area contributed by atoms with Gasteiger partial charge in [0.15, 0.2) is 0 Å². The number of benzene rings is 4. The first-order valence-corrected chi connectivity index (χ1v) is 15.5. The third-order valence-corrected chi connectivity index (χ3v) is 9.15. The maximum absolute atomic E-state index is 13.4. The summed E-state index contributed by atoms with van der Waals surface area (Å²) in [6, 6.07) is 28.2. The normalized spacial score (nSPS) is 27.1. The van der Waals surface area contributed by atoms with E-state index in [-0.39, 0.29) is 23.7 Å². The molecule has 2 aliphatic rings. The monoisotopic (exact) mass is 630 g/mol. The summed E-state index contributed by atoms with van der Waals surface area (Å²) in [5, 5.41) is 66.1. The Morgan fingerprint density at radius 3 is 2.22 bits per heavy atom. The zero-order chi connectivity index (χ0) is 32.4. The molecule has 0 amide bonds. The molecule has 2 heterocycles. The molecule has 2 aliphatic heterocycles. The van der Waals surface area contributed by atoms with Gasteiger partial charge in [-0.05, 0) is 65.4 Å². The summed E-state index contributed by atoms with van der Waals surface area (Å²) in [5.74, 6) is -0.232. The molecule has 0 saturated carbocycles. The SMILES string of the molecule is OCC1OC(c2ccc(-c3ccc(C4C(CCC(O)c5ccc(F)cc5)NCN4c4ccccc4)c(O)c3)cc2)C(O)C(O)C1O. The lowest BCUT2D eigenvalue weighted by atomic mass is 9.90. The highest BCUT2D eigenvalue weighted by Gasteiger charge is 2.44. The summed E-state index contributed by atoms with van der Waals surface area (Å²) in [6.45, 7) is 0.0473. The zero-order valence-corrected chi connectivity index (χ0v) is 25.1. The molecule has 2 fully saturated rings. The van der Waals surface area contributed by atoms with E-state index < -0.39 is 43.2 Å². The van der Waals surface area contributed by atoms with Crippen LogP contribution in [0.1, 0.15) is 47.8 Å². The number of anilines is 1. The number of para-hydroxylation sites is 1. The quantitative estimate of drug-likeness (QED) is 0.147. The standard InChI is InChI=1S/C36H39FN2O7/c37-25-13-10-22(11-14-25)29(41)17-16-28-32(39(20-38-28)26-4-2-1-3-5-26)27-15-12-24(18-30(27)42)21-6-8-23(9-7-21)36-35(45)34(44)33(43)31(19-40)46-36/h1-15,18,28-29,31-36,38,40-45H,16-17,19-20H2. The molecule has 8 atom stereocenters. The van der Waals surface area contributed by atoms with E-state index in [1.807, 2.05) is 54.6 Å². The third-order valence-electron chi connectivity index (χ3n) is 9.15. The number of aliphatic hydroxyl groups is 5. The summed E-state index contributed by atoms with van der Waals surface area (Å²) in [7, 11) is 0. The van der Waals surface area contributed by atoms with Gasteiger partial charge in [0, 0.05) is 17.3 Å². The first kappa shape index (κ1) is 32.1. The van der Waals surface area contributed by atoms with E-state index >= 15 is 0 Å². The van der Waals surface area contributed by atoms with Crippen LogP contribution in [0.3, 0.4) is 0 Å². The molecule has 0 spiro atoms. The molecular formula is C36H39FN2O7. The highest BCUT2D eigenvalue weighted by Crippen LogP contribution is 2.41. The fourth-order valence-corrected chi connectivity index (χ4v) is 6.56. The van der Waals surface area contributed by atoms with Gasteiger partial charge >= 0.3 is 0 Å². The van der Waals surface area contributed by atoms with Gasteiger partial charge in [-0.3, -0.25) is 5.32 Å². The summed E-state index contributed by atoms with van der Waals surface area (Å²) >= 11 is 0. The van der Waals surface area contributed by atoms with Gasteiger partial charge in [0.05, 0.1) is 25.4 Å². The van der Waals surface area contributed by atoms with E-state index in [1.54, 1.807) is 30.3 Å². The second-order valence-corrected chi connectivity index (χ2v) is 12.0. The number of hydrogen-bond acceptors (Lipinski definition) is 9. The van der Waals surface area contributed by atoms with E-state index in [0.717, 1.165) is 22.4 Å². The number of nitrogens with zero attached hydrogens (tertiary/aromatic N) is 1. The number of phenols is 1. The van der Waals surface area contributed by atoms with Crippen LogP contribution in [0, 0.1) is 5.82 Å². The number of ether oxygens (including phenoxy) is 1. The van der Waals surface area contributed by atoms with Crippen molar-refractivity contribution in [3.8, 4) is 16.9 Å². The average Bonchev–Trinajstić information content (AvgIpc) is 3.50. The smallest absolute Gasteiger partial charge is 0.123 e. The Morgan fingerprint density at radius 2 is 1.54 bits per heavy atom. The van der Waals surface area contributed by atoms with Crippen molar-refractivity contribution in [1.29, 1.82) is 0 Å². The Kier molecular flexibility index (Phi) is 9.67. The Labute approximate surface area is 266 Å². The second kappa shape index (κ2) is 13.9. The Hall–Kier alpha value is -3.87. The van der Waals surface area contributed by atoms with Crippen LogP contribution in [-0.2, 0) is 4.74 Å².